The van der Waals surface area contributed by atoms with Gasteiger partial charge in [0.2, 0.25) is 10.0 Å². The third-order valence-corrected chi connectivity index (χ3v) is 7.05. The van der Waals surface area contributed by atoms with Gasteiger partial charge in [0.1, 0.15) is 4.90 Å². The molecule has 1 saturated heterocycles. The summed E-state index contributed by atoms with van der Waals surface area (Å²) in [5.74, 6) is 0.633. The lowest BCUT2D eigenvalue weighted by Gasteiger charge is -2.11. The molecule has 0 radical (unpaired) electrons. The van der Waals surface area contributed by atoms with Gasteiger partial charge in [0, 0.05) is 12.3 Å². The van der Waals surface area contributed by atoms with Crippen LogP contribution < -0.4 is 10.0 Å². The predicted octanol–water partition coefficient (Wildman–Crippen LogP) is 0.240. The zero-order valence-corrected chi connectivity index (χ0v) is 13.6. The van der Waals surface area contributed by atoms with E-state index in [9.17, 15) is 16.8 Å². The molecule has 2 atom stereocenters. The minimum absolute atomic E-state index is 0.0128. The van der Waals surface area contributed by atoms with Crippen molar-refractivity contribution >= 4 is 31.5 Å². The van der Waals surface area contributed by atoms with Crippen LogP contribution in [-0.4, -0.2) is 42.2 Å². The number of fused-ring (bicyclic) bond motifs is 1. The highest BCUT2D eigenvalue weighted by molar-refractivity contribution is 7.91. The third kappa shape index (κ3) is 2.83. The van der Waals surface area contributed by atoms with Gasteiger partial charge < -0.3 is 5.32 Å². The van der Waals surface area contributed by atoms with E-state index in [1.165, 1.54) is 12.1 Å². The molecular weight excluding hydrogens is 336 g/mol. The zero-order valence-electron chi connectivity index (χ0n) is 11.2. The fraction of sp³-hybridized carbons (Fsp3) is 0.500. The molecule has 0 bridgehead atoms. The average Bonchev–Trinajstić information content (AvgIpc) is 2.82. The SMILES string of the molecule is CS(=O)(=O)c1ccc(Cl)c(S(=O)(=O)NC2C3CNCC32)c1. The summed E-state index contributed by atoms with van der Waals surface area (Å²) in [4.78, 5) is -0.255. The number of sulfonamides is 1. The second-order valence-electron chi connectivity index (χ2n) is 5.50. The summed E-state index contributed by atoms with van der Waals surface area (Å²) in [6.07, 6.45) is 1.02. The first-order valence-electron chi connectivity index (χ1n) is 6.43. The maximum atomic E-state index is 12.4. The third-order valence-electron chi connectivity index (χ3n) is 4.00. The Balaban J connectivity index is 1.91. The van der Waals surface area contributed by atoms with Crippen LogP contribution in [0.2, 0.25) is 5.02 Å². The van der Waals surface area contributed by atoms with Gasteiger partial charge in [-0.25, -0.2) is 21.6 Å². The molecule has 2 aliphatic rings. The Morgan fingerprint density at radius 2 is 1.81 bits per heavy atom. The van der Waals surface area contributed by atoms with E-state index >= 15 is 0 Å². The van der Waals surface area contributed by atoms with E-state index in [2.05, 4.69) is 10.0 Å². The Labute approximate surface area is 128 Å². The van der Waals surface area contributed by atoms with Crippen LogP contribution in [0.4, 0.5) is 0 Å². The van der Waals surface area contributed by atoms with Crippen LogP contribution >= 0.6 is 11.6 Å². The summed E-state index contributed by atoms with van der Waals surface area (Å²) < 4.78 is 50.5. The van der Waals surface area contributed by atoms with Crippen molar-refractivity contribution in [3.05, 3.63) is 23.2 Å². The summed E-state index contributed by atoms with van der Waals surface area (Å²) in [5, 5.41) is 3.19. The van der Waals surface area contributed by atoms with Gasteiger partial charge in [0.05, 0.1) is 9.92 Å². The van der Waals surface area contributed by atoms with Crippen LogP contribution in [0.3, 0.4) is 0 Å². The Bertz CT molecular complexity index is 781. The van der Waals surface area contributed by atoms with Crippen molar-refractivity contribution < 1.29 is 16.8 Å². The van der Waals surface area contributed by atoms with Crippen LogP contribution in [0.15, 0.2) is 28.0 Å². The van der Waals surface area contributed by atoms with Crippen molar-refractivity contribution in [2.75, 3.05) is 19.3 Å². The number of halogens is 1. The first-order valence-corrected chi connectivity index (χ1v) is 10.2. The monoisotopic (exact) mass is 350 g/mol. The molecule has 1 aromatic rings. The highest BCUT2D eigenvalue weighted by Gasteiger charge is 2.54. The largest absolute Gasteiger partial charge is 0.316 e. The molecule has 6 nitrogen and oxygen atoms in total. The van der Waals surface area contributed by atoms with Gasteiger partial charge in [-0.1, -0.05) is 11.6 Å². The molecule has 1 aliphatic carbocycles. The molecule has 1 saturated carbocycles. The van der Waals surface area contributed by atoms with E-state index in [0.29, 0.717) is 11.8 Å². The van der Waals surface area contributed by atoms with Gasteiger partial charge in [-0.2, -0.15) is 0 Å². The van der Waals surface area contributed by atoms with Crippen molar-refractivity contribution in [1.29, 1.82) is 0 Å². The van der Waals surface area contributed by atoms with E-state index in [4.69, 9.17) is 11.6 Å². The summed E-state index contributed by atoms with van der Waals surface area (Å²) in [6, 6.07) is 3.61. The quantitative estimate of drug-likeness (QED) is 0.811. The second-order valence-corrected chi connectivity index (χ2v) is 9.60. The molecule has 21 heavy (non-hydrogen) atoms. The Morgan fingerprint density at radius 1 is 1.19 bits per heavy atom. The van der Waals surface area contributed by atoms with Crippen LogP contribution in [0.1, 0.15) is 0 Å². The van der Waals surface area contributed by atoms with E-state index in [1.54, 1.807) is 0 Å². The van der Waals surface area contributed by atoms with Crippen molar-refractivity contribution in [3.8, 4) is 0 Å². The first kappa shape index (κ1) is 15.2. The molecule has 0 amide bonds. The number of rotatable bonds is 4. The van der Waals surface area contributed by atoms with Crippen molar-refractivity contribution in [1.82, 2.24) is 10.0 Å². The number of hydrogen-bond donors (Lipinski definition) is 2. The van der Waals surface area contributed by atoms with E-state index in [-0.39, 0.29) is 20.9 Å². The van der Waals surface area contributed by atoms with Crippen molar-refractivity contribution in [2.24, 2.45) is 11.8 Å². The van der Waals surface area contributed by atoms with Gasteiger partial charge >= 0.3 is 0 Å². The average molecular weight is 351 g/mol. The van der Waals surface area contributed by atoms with Crippen molar-refractivity contribution in [3.63, 3.8) is 0 Å². The molecule has 9 heteroatoms. The van der Waals surface area contributed by atoms with Crippen LogP contribution in [-0.2, 0) is 19.9 Å². The smallest absolute Gasteiger partial charge is 0.242 e. The van der Waals surface area contributed by atoms with Gasteiger partial charge in [0.25, 0.3) is 0 Å². The minimum Gasteiger partial charge on any atom is -0.316 e. The van der Waals surface area contributed by atoms with E-state index in [0.717, 1.165) is 25.4 Å². The molecule has 0 spiro atoms. The van der Waals surface area contributed by atoms with Crippen LogP contribution in [0.5, 0.6) is 0 Å². The first-order chi connectivity index (χ1) is 9.70. The zero-order chi connectivity index (χ0) is 15.4. The number of piperidine rings is 1. The molecule has 1 aliphatic heterocycles. The highest BCUT2D eigenvalue weighted by atomic mass is 35.5. The molecule has 1 heterocycles. The summed E-state index contributed by atoms with van der Waals surface area (Å²) in [5.41, 5.74) is 0. The van der Waals surface area contributed by atoms with Gasteiger partial charge in [-0.3, -0.25) is 0 Å². The standard InChI is InChI=1S/C12H15ClN2O4S2/c1-20(16,17)7-2-3-10(13)11(4-7)21(18,19)15-12-8-5-14-6-9(8)12/h2-4,8-9,12,14-15H,5-6H2,1H3. The summed E-state index contributed by atoms with van der Waals surface area (Å²) in [6.45, 7) is 1.60. The number of benzene rings is 1. The topological polar surface area (TPSA) is 92.3 Å². The number of sulfone groups is 1. The lowest BCUT2D eigenvalue weighted by atomic mass is 10.4. The van der Waals surface area contributed by atoms with Gasteiger partial charge in [0.15, 0.2) is 9.84 Å². The maximum Gasteiger partial charge on any atom is 0.242 e. The summed E-state index contributed by atoms with van der Waals surface area (Å²) >= 11 is 5.93. The summed E-state index contributed by atoms with van der Waals surface area (Å²) in [7, 11) is -7.32. The molecule has 116 valence electrons. The fourth-order valence-corrected chi connectivity index (χ4v) is 5.34. The van der Waals surface area contributed by atoms with Crippen LogP contribution in [0, 0.1) is 11.8 Å². The Morgan fingerprint density at radius 3 is 2.38 bits per heavy atom. The van der Waals surface area contributed by atoms with E-state index < -0.39 is 19.9 Å². The lowest BCUT2D eigenvalue weighted by Crippen LogP contribution is -2.32. The van der Waals surface area contributed by atoms with Crippen molar-refractivity contribution in [2.45, 2.75) is 15.8 Å². The fourth-order valence-electron chi connectivity index (χ4n) is 2.76. The molecule has 3 rings (SSSR count). The van der Waals surface area contributed by atoms with Gasteiger partial charge in [-0.05, 0) is 43.1 Å². The predicted molar refractivity (Wildman–Crippen MR) is 78.5 cm³/mol. The molecule has 2 fully saturated rings. The highest BCUT2D eigenvalue weighted by Crippen LogP contribution is 2.42. The second kappa shape index (κ2) is 4.92. The lowest BCUT2D eigenvalue weighted by molar-refractivity contribution is 0.565. The van der Waals surface area contributed by atoms with E-state index in [1.807, 2.05) is 0 Å². The maximum absolute atomic E-state index is 12.4. The Hall–Kier alpha value is -0.670. The number of hydrogen-bond acceptors (Lipinski definition) is 5. The minimum atomic E-state index is -3.83. The normalized spacial score (nSPS) is 28.4. The molecule has 2 unspecified atom stereocenters. The van der Waals surface area contributed by atoms with Gasteiger partial charge in [-0.15, -0.1) is 0 Å². The molecule has 2 N–H and O–H groups in total. The number of nitrogens with one attached hydrogen (secondary N) is 2. The molecular formula is C12H15ClN2O4S2. The van der Waals surface area contributed by atoms with Crippen LogP contribution in [0.25, 0.3) is 0 Å². The Kier molecular flexibility index (Phi) is 3.57. The molecule has 0 aromatic heterocycles. The molecule has 1 aromatic carbocycles.